The Hall–Kier alpha value is -0.440. The summed E-state index contributed by atoms with van der Waals surface area (Å²) in [6, 6.07) is 0. The van der Waals surface area contributed by atoms with Crippen molar-refractivity contribution in [3.05, 3.63) is 4.91 Å². The number of hydrogen-bond donors (Lipinski definition) is 1. The summed E-state index contributed by atoms with van der Waals surface area (Å²) in [5.74, 6) is 0. The van der Waals surface area contributed by atoms with Crippen LogP contribution in [0.4, 0.5) is 0 Å². The second-order valence-electron chi connectivity index (χ2n) is 6.35. The van der Waals surface area contributed by atoms with Crippen molar-refractivity contribution >= 4 is 0 Å². The number of aliphatic hydroxyl groups excluding tert-OH is 1. The van der Waals surface area contributed by atoms with Crippen molar-refractivity contribution in [1.82, 2.24) is 0 Å². The van der Waals surface area contributed by atoms with Crippen LogP contribution in [0.1, 0.15) is 103 Å². The highest BCUT2D eigenvalue weighted by Gasteiger charge is 2.02. The summed E-state index contributed by atoms with van der Waals surface area (Å²) in [5, 5.41) is 12.1. The van der Waals surface area contributed by atoms with Crippen molar-refractivity contribution in [2.24, 2.45) is 5.18 Å². The van der Waals surface area contributed by atoms with E-state index in [9.17, 15) is 10.0 Å². The molecule has 0 aromatic rings. The average Bonchev–Trinajstić information content (AvgIpc) is 2.48. The lowest BCUT2D eigenvalue weighted by atomic mass is 10.0. The quantitative estimate of drug-likeness (QED) is 0.265. The molecule has 0 spiro atoms. The lowest BCUT2D eigenvalue weighted by Crippen LogP contribution is -2.09. The fourth-order valence-electron chi connectivity index (χ4n) is 2.75. The van der Waals surface area contributed by atoms with Crippen LogP contribution in [0.2, 0.25) is 0 Å². The normalized spacial score (nSPS) is 12.5. The molecule has 0 aromatic heterocycles. The van der Waals surface area contributed by atoms with Crippen LogP contribution < -0.4 is 0 Å². The molecular formula is C18H37NO2. The van der Waals surface area contributed by atoms with Crippen molar-refractivity contribution in [2.45, 2.75) is 109 Å². The van der Waals surface area contributed by atoms with Gasteiger partial charge in [0.05, 0.1) is 6.10 Å². The van der Waals surface area contributed by atoms with Crippen molar-refractivity contribution in [1.29, 1.82) is 0 Å². The van der Waals surface area contributed by atoms with E-state index in [1.807, 2.05) is 0 Å². The summed E-state index contributed by atoms with van der Waals surface area (Å²) in [6.45, 7) is 2.32. The zero-order valence-electron chi connectivity index (χ0n) is 14.2. The SMILES string of the molecule is CCCCCCCCCCCCCCCCC(O)CN=O. The first kappa shape index (κ1) is 20.6. The van der Waals surface area contributed by atoms with Crippen molar-refractivity contribution < 1.29 is 5.11 Å². The third-order valence-corrected chi connectivity index (χ3v) is 4.18. The van der Waals surface area contributed by atoms with E-state index < -0.39 is 6.10 Å². The predicted molar refractivity (Wildman–Crippen MR) is 91.6 cm³/mol. The molecule has 1 unspecified atom stereocenters. The maximum absolute atomic E-state index is 9.95. The Morgan fingerprint density at radius 3 is 1.48 bits per heavy atom. The topological polar surface area (TPSA) is 49.7 Å². The number of aliphatic hydroxyl groups is 1. The third kappa shape index (κ3) is 17.5. The van der Waals surface area contributed by atoms with E-state index in [2.05, 4.69) is 12.1 Å². The Labute approximate surface area is 131 Å². The van der Waals surface area contributed by atoms with Crippen LogP contribution in [0.5, 0.6) is 0 Å². The van der Waals surface area contributed by atoms with E-state index in [1.165, 1.54) is 83.5 Å². The minimum Gasteiger partial charge on any atom is -0.391 e. The molecule has 0 aliphatic carbocycles. The highest BCUT2D eigenvalue weighted by Crippen LogP contribution is 2.13. The van der Waals surface area contributed by atoms with E-state index in [0.717, 1.165) is 12.8 Å². The van der Waals surface area contributed by atoms with Gasteiger partial charge in [-0.1, -0.05) is 102 Å². The second-order valence-corrected chi connectivity index (χ2v) is 6.35. The molecule has 0 aliphatic rings. The maximum atomic E-state index is 9.95. The molecule has 0 rings (SSSR count). The van der Waals surface area contributed by atoms with Crippen LogP contribution >= 0.6 is 0 Å². The molecule has 3 heteroatoms. The minimum atomic E-state index is -0.514. The lowest BCUT2D eigenvalue weighted by molar-refractivity contribution is 0.169. The molecule has 3 nitrogen and oxygen atoms in total. The van der Waals surface area contributed by atoms with E-state index in [1.54, 1.807) is 0 Å². The van der Waals surface area contributed by atoms with Crippen molar-refractivity contribution in [3.63, 3.8) is 0 Å². The van der Waals surface area contributed by atoms with Gasteiger partial charge in [-0.3, -0.25) is 0 Å². The zero-order valence-corrected chi connectivity index (χ0v) is 14.2. The molecule has 0 aromatic carbocycles. The minimum absolute atomic E-state index is 0.0540. The third-order valence-electron chi connectivity index (χ3n) is 4.18. The van der Waals surface area contributed by atoms with Gasteiger partial charge in [-0.2, -0.15) is 4.91 Å². The number of rotatable bonds is 17. The fourth-order valence-corrected chi connectivity index (χ4v) is 2.75. The largest absolute Gasteiger partial charge is 0.391 e. The molecule has 0 saturated carbocycles. The Kier molecular flexibility index (Phi) is 17.2. The molecule has 0 radical (unpaired) electrons. The van der Waals surface area contributed by atoms with Crippen LogP contribution in [0.3, 0.4) is 0 Å². The van der Waals surface area contributed by atoms with Gasteiger partial charge in [0.25, 0.3) is 0 Å². The summed E-state index contributed by atoms with van der Waals surface area (Å²) < 4.78 is 0. The van der Waals surface area contributed by atoms with Gasteiger partial charge in [0, 0.05) is 0 Å². The zero-order chi connectivity index (χ0) is 15.6. The fraction of sp³-hybridized carbons (Fsp3) is 1.00. The molecule has 0 fully saturated rings. The lowest BCUT2D eigenvalue weighted by Gasteiger charge is -2.06. The van der Waals surface area contributed by atoms with Gasteiger partial charge in [-0.25, -0.2) is 0 Å². The van der Waals surface area contributed by atoms with Gasteiger partial charge >= 0.3 is 0 Å². The smallest absolute Gasteiger partial charge is 0.107 e. The standard InChI is InChI=1S/C18H37NO2/c1-2-3-4-5-6-7-8-9-10-11-12-13-14-15-16-18(20)17-19-21/h18,20H,2-17H2,1H3. The van der Waals surface area contributed by atoms with E-state index in [0.29, 0.717) is 0 Å². The molecular weight excluding hydrogens is 262 g/mol. The molecule has 21 heavy (non-hydrogen) atoms. The van der Waals surface area contributed by atoms with Crippen LogP contribution in [-0.4, -0.2) is 17.8 Å². The predicted octanol–water partition coefficient (Wildman–Crippen LogP) is 5.99. The highest BCUT2D eigenvalue weighted by molar-refractivity contribution is 4.58. The Morgan fingerprint density at radius 1 is 0.714 bits per heavy atom. The first-order chi connectivity index (χ1) is 10.3. The van der Waals surface area contributed by atoms with Gasteiger partial charge in [0.2, 0.25) is 0 Å². The van der Waals surface area contributed by atoms with E-state index in [-0.39, 0.29) is 6.54 Å². The second kappa shape index (κ2) is 17.6. The monoisotopic (exact) mass is 299 g/mol. The molecule has 1 atom stereocenters. The highest BCUT2D eigenvalue weighted by atomic mass is 16.3. The Balaban J connectivity index is 3.01. The maximum Gasteiger partial charge on any atom is 0.107 e. The van der Waals surface area contributed by atoms with Gasteiger partial charge < -0.3 is 5.11 Å². The van der Waals surface area contributed by atoms with E-state index in [4.69, 9.17) is 0 Å². The summed E-state index contributed by atoms with van der Waals surface area (Å²) in [4.78, 5) is 9.95. The molecule has 0 bridgehead atoms. The first-order valence-electron chi connectivity index (χ1n) is 9.28. The van der Waals surface area contributed by atoms with Gasteiger partial charge in [-0.15, -0.1) is 0 Å². The molecule has 0 aliphatic heterocycles. The molecule has 0 heterocycles. The number of unbranched alkanes of at least 4 members (excludes halogenated alkanes) is 13. The Bertz CT molecular complexity index is 209. The van der Waals surface area contributed by atoms with Gasteiger partial charge in [0.1, 0.15) is 6.54 Å². The summed E-state index contributed by atoms with van der Waals surface area (Å²) in [5.41, 5.74) is 0. The van der Waals surface area contributed by atoms with Crippen LogP contribution in [0.25, 0.3) is 0 Å². The molecule has 126 valence electrons. The van der Waals surface area contributed by atoms with Crippen LogP contribution in [0.15, 0.2) is 5.18 Å². The number of nitroso groups, excluding NO2 is 1. The summed E-state index contributed by atoms with van der Waals surface area (Å²) in [7, 11) is 0. The van der Waals surface area contributed by atoms with Crippen molar-refractivity contribution in [3.8, 4) is 0 Å². The average molecular weight is 299 g/mol. The molecule has 1 N–H and O–H groups in total. The van der Waals surface area contributed by atoms with Crippen LogP contribution in [0, 0.1) is 4.91 Å². The van der Waals surface area contributed by atoms with Gasteiger partial charge in [-0.05, 0) is 6.42 Å². The summed E-state index contributed by atoms with van der Waals surface area (Å²) >= 11 is 0. The number of hydrogen-bond acceptors (Lipinski definition) is 3. The van der Waals surface area contributed by atoms with Gasteiger partial charge in [0.15, 0.2) is 0 Å². The molecule has 0 amide bonds. The van der Waals surface area contributed by atoms with Crippen molar-refractivity contribution in [2.75, 3.05) is 6.54 Å². The van der Waals surface area contributed by atoms with E-state index >= 15 is 0 Å². The number of nitrogens with zero attached hydrogens (tertiary/aromatic N) is 1. The summed E-state index contributed by atoms with van der Waals surface area (Å²) in [6.07, 6.45) is 19.0. The Morgan fingerprint density at radius 2 is 1.10 bits per heavy atom. The molecule has 0 saturated heterocycles. The van der Waals surface area contributed by atoms with Crippen LogP contribution in [-0.2, 0) is 0 Å². The first-order valence-corrected chi connectivity index (χ1v) is 9.28.